The lowest BCUT2D eigenvalue weighted by atomic mass is 10.1. The third kappa shape index (κ3) is 4.94. The highest BCUT2D eigenvalue weighted by Gasteiger charge is 2.29. The quantitative estimate of drug-likeness (QED) is 0.799. The van der Waals surface area contributed by atoms with E-state index < -0.39 is 0 Å². The smallest absolute Gasteiger partial charge is 0.0831 e. The number of hydrogen-bond donors (Lipinski definition) is 2. The summed E-state index contributed by atoms with van der Waals surface area (Å²) in [7, 11) is 2.13. The van der Waals surface area contributed by atoms with Crippen LogP contribution in [0, 0.1) is 0 Å². The first-order valence-corrected chi connectivity index (χ1v) is 8.03. The molecule has 0 aliphatic carbocycles. The Bertz CT molecular complexity index is 426. The van der Waals surface area contributed by atoms with Crippen LogP contribution in [-0.4, -0.2) is 66.8 Å². The van der Waals surface area contributed by atoms with E-state index in [1.165, 1.54) is 5.56 Å². The Balaban J connectivity index is 1.79. The molecule has 0 spiro atoms. The zero-order valence-corrected chi connectivity index (χ0v) is 13.7. The van der Waals surface area contributed by atoms with Gasteiger partial charge >= 0.3 is 0 Å². The summed E-state index contributed by atoms with van der Waals surface area (Å²) in [5.41, 5.74) is 1.27. The van der Waals surface area contributed by atoms with Crippen LogP contribution in [0.4, 0.5) is 0 Å². The molecule has 2 N–H and O–H groups in total. The fraction of sp³-hybridized carbons (Fsp3) is 0.625. The number of nitrogens with one attached hydrogen (secondary N) is 1. The molecule has 1 aliphatic rings. The maximum atomic E-state index is 9.99. The molecule has 118 valence electrons. The largest absolute Gasteiger partial charge is 0.390 e. The molecule has 2 rings (SSSR count). The molecule has 21 heavy (non-hydrogen) atoms. The summed E-state index contributed by atoms with van der Waals surface area (Å²) in [5.74, 6) is 0. The number of rotatable bonds is 7. The Labute approximate surface area is 132 Å². The van der Waals surface area contributed by atoms with E-state index in [4.69, 9.17) is 11.6 Å². The van der Waals surface area contributed by atoms with Crippen molar-refractivity contribution >= 4 is 11.6 Å². The molecule has 1 aliphatic heterocycles. The van der Waals surface area contributed by atoms with Gasteiger partial charge in [0.05, 0.1) is 6.10 Å². The highest BCUT2D eigenvalue weighted by atomic mass is 35.5. The van der Waals surface area contributed by atoms with Gasteiger partial charge in [-0.2, -0.15) is 0 Å². The molecule has 0 bridgehead atoms. The maximum absolute atomic E-state index is 9.99. The highest BCUT2D eigenvalue weighted by molar-refractivity contribution is 6.30. The number of β-amino-alcohol motifs (C(OH)–C–C–N with tert-alkyl or cyclic N) is 1. The molecule has 0 radical (unpaired) electrons. The van der Waals surface area contributed by atoms with Crippen molar-refractivity contribution in [3.8, 4) is 0 Å². The molecule has 2 atom stereocenters. The summed E-state index contributed by atoms with van der Waals surface area (Å²) in [4.78, 5) is 4.67. The van der Waals surface area contributed by atoms with Crippen LogP contribution in [0.3, 0.4) is 0 Å². The van der Waals surface area contributed by atoms with Crippen molar-refractivity contribution in [2.45, 2.75) is 25.6 Å². The van der Waals surface area contributed by atoms with Crippen LogP contribution in [0.5, 0.6) is 0 Å². The fourth-order valence-corrected chi connectivity index (χ4v) is 2.99. The normalized spacial score (nSPS) is 22.4. The molecular weight excluding hydrogens is 286 g/mol. The topological polar surface area (TPSA) is 38.7 Å². The summed E-state index contributed by atoms with van der Waals surface area (Å²) in [5, 5.41) is 14.0. The first-order valence-electron chi connectivity index (χ1n) is 7.66. The van der Waals surface area contributed by atoms with Gasteiger partial charge in [0.1, 0.15) is 0 Å². The molecule has 5 heteroatoms. The van der Waals surface area contributed by atoms with Crippen LogP contribution in [0.25, 0.3) is 0 Å². The predicted molar refractivity (Wildman–Crippen MR) is 87.7 cm³/mol. The Hall–Kier alpha value is -0.650. The van der Waals surface area contributed by atoms with E-state index in [2.05, 4.69) is 41.2 Å². The second-order valence-electron chi connectivity index (χ2n) is 5.79. The number of nitrogens with zero attached hydrogens (tertiary/aromatic N) is 2. The van der Waals surface area contributed by atoms with Crippen molar-refractivity contribution in [3.05, 3.63) is 34.9 Å². The maximum Gasteiger partial charge on any atom is 0.0831 e. The third-order valence-electron chi connectivity index (χ3n) is 4.16. The van der Waals surface area contributed by atoms with E-state index in [0.717, 1.165) is 37.7 Å². The van der Waals surface area contributed by atoms with Crippen molar-refractivity contribution in [1.82, 2.24) is 15.1 Å². The lowest BCUT2D eigenvalue weighted by molar-refractivity contribution is 0.0798. The van der Waals surface area contributed by atoms with Gasteiger partial charge in [0.2, 0.25) is 0 Å². The van der Waals surface area contributed by atoms with Crippen LogP contribution >= 0.6 is 11.6 Å². The van der Waals surface area contributed by atoms with Crippen LogP contribution in [0.1, 0.15) is 12.5 Å². The van der Waals surface area contributed by atoms with Gasteiger partial charge in [0.25, 0.3) is 0 Å². The van der Waals surface area contributed by atoms with E-state index in [-0.39, 0.29) is 12.1 Å². The van der Waals surface area contributed by atoms with Crippen molar-refractivity contribution in [2.24, 2.45) is 0 Å². The molecule has 4 nitrogen and oxygen atoms in total. The fourth-order valence-electron chi connectivity index (χ4n) is 2.86. The van der Waals surface area contributed by atoms with E-state index in [0.29, 0.717) is 6.54 Å². The predicted octanol–water partition coefficient (Wildman–Crippen LogP) is 1.43. The lowest BCUT2D eigenvalue weighted by Crippen LogP contribution is -2.46. The molecule has 1 saturated heterocycles. The van der Waals surface area contributed by atoms with Gasteiger partial charge in [-0.05, 0) is 31.3 Å². The van der Waals surface area contributed by atoms with Crippen LogP contribution in [-0.2, 0) is 6.54 Å². The van der Waals surface area contributed by atoms with Crippen LogP contribution < -0.4 is 5.32 Å². The SMILES string of the molecule is CCN(CCN(C)Cc1ccc(Cl)cc1)[C@@H]1CNC[C@H]1O. The molecule has 1 fully saturated rings. The average Bonchev–Trinajstić information content (AvgIpc) is 2.89. The summed E-state index contributed by atoms with van der Waals surface area (Å²) in [6.45, 7) is 7.60. The molecule has 0 aromatic heterocycles. The minimum atomic E-state index is -0.244. The second-order valence-corrected chi connectivity index (χ2v) is 6.22. The monoisotopic (exact) mass is 311 g/mol. The summed E-state index contributed by atoms with van der Waals surface area (Å²) >= 11 is 5.91. The molecule has 1 heterocycles. The Morgan fingerprint density at radius 3 is 2.52 bits per heavy atom. The number of aliphatic hydroxyl groups excluding tert-OH is 1. The molecule has 0 saturated carbocycles. The second kappa shape index (κ2) is 8.11. The van der Waals surface area contributed by atoms with E-state index in [1.807, 2.05) is 12.1 Å². The minimum absolute atomic E-state index is 0.244. The van der Waals surface area contributed by atoms with Crippen molar-refractivity contribution in [1.29, 1.82) is 0 Å². The number of hydrogen-bond acceptors (Lipinski definition) is 4. The first-order chi connectivity index (χ1) is 10.1. The van der Waals surface area contributed by atoms with E-state index in [1.54, 1.807) is 0 Å². The molecule has 1 aromatic rings. The van der Waals surface area contributed by atoms with E-state index >= 15 is 0 Å². The number of aliphatic hydroxyl groups is 1. The summed E-state index contributed by atoms with van der Waals surface area (Å²) in [6.07, 6.45) is -0.244. The number of likely N-dealkylation sites (N-methyl/N-ethyl adjacent to an activating group) is 2. The van der Waals surface area contributed by atoms with Gasteiger partial charge in [0, 0.05) is 43.8 Å². The Morgan fingerprint density at radius 1 is 1.24 bits per heavy atom. The molecule has 0 unspecified atom stereocenters. The van der Waals surface area contributed by atoms with E-state index in [9.17, 15) is 5.11 Å². The summed E-state index contributed by atoms with van der Waals surface area (Å²) in [6, 6.07) is 8.26. The Kier molecular flexibility index (Phi) is 6.45. The zero-order valence-electron chi connectivity index (χ0n) is 12.9. The van der Waals surface area contributed by atoms with Gasteiger partial charge in [-0.3, -0.25) is 4.90 Å². The third-order valence-corrected chi connectivity index (χ3v) is 4.41. The Morgan fingerprint density at radius 2 is 1.95 bits per heavy atom. The average molecular weight is 312 g/mol. The van der Waals surface area contributed by atoms with Crippen LogP contribution in [0.2, 0.25) is 5.02 Å². The number of halogens is 1. The van der Waals surface area contributed by atoms with Crippen molar-refractivity contribution in [3.63, 3.8) is 0 Å². The first kappa shape index (κ1) is 16.7. The summed E-state index contributed by atoms with van der Waals surface area (Å²) < 4.78 is 0. The standard InChI is InChI=1S/C16H26ClN3O/c1-3-20(15-10-18-11-16(15)21)9-8-19(2)12-13-4-6-14(17)7-5-13/h4-7,15-16,18,21H,3,8-12H2,1-2H3/t15-,16-/m1/s1. The van der Waals surface area contributed by atoms with Gasteiger partial charge in [0.15, 0.2) is 0 Å². The molecular formula is C16H26ClN3O. The van der Waals surface area contributed by atoms with Gasteiger partial charge in [-0.1, -0.05) is 30.7 Å². The minimum Gasteiger partial charge on any atom is -0.390 e. The number of benzene rings is 1. The zero-order chi connectivity index (χ0) is 15.2. The van der Waals surface area contributed by atoms with Gasteiger partial charge < -0.3 is 15.3 Å². The van der Waals surface area contributed by atoms with Crippen molar-refractivity contribution in [2.75, 3.05) is 39.8 Å². The molecule has 1 aromatic carbocycles. The lowest BCUT2D eigenvalue weighted by Gasteiger charge is -2.31. The van der Waals surface area contributed by atoms with Crippen LogP contribution in [0.15, 0.2) is 24.3 Å². The molecule has 0 amide bonds. The van der Waals surface area contributed by atoms with Crippen molar-refractivity contribution < 1.29 is 5.11 Å². The highest BCUT2D eigenvalue weighted by Crippen LogP contribution is 2.12. The van der Waals surface area contributed by atoms with Gasteiger partial charge in [-0.25, -0.2) is 0 Å². The van der Waals surface area contributed by atoms with Gasteiger partial charge in [-0.15, -0.1) is 0 Å².